The number of ether oxygens (including phenoxy) is 1. The first-order valence-electron chi connectivity index (χ1n) is 9.83. The molecular weight excluding hydrogens is 370 g/mol. The molecule has 3 rings (SSSR count). The molecule has 3 N–H and O–H groups in total. The van der Waals surface area contributed by atoms with Crippen LogP contribution in [0.3, 0.4) is 0 Å². The number of quaternary nitrogens is 1. The highest BCUT2D eigenvalue weighted by molar-refractivity contribution is 6.08. The van der Waals surface area contributed by atoms with Crippen molar-refractivity contribution in [3.05, 3.63) is 36.4 Å². The van der Waals surface area contributed by atoms with E-state index in [1.165, 1.54) is 0 Å². The van der Waals surface area contributed by atoms with Gasteiger partial charge in [0.25, 0.3) is 11.8 Å². The molecule has 1 aromatic heterocycles. The Kier molecular flexibility index (Phi) is 6.39. The fourth-order valence-corrected chi connectivity index (χ4v) is 3.22. The number of amides is 2. The summed E-state index contributed by atoms with van der Waals surface area (Å²) in [5.41, 5.74) is 2.00. The Balaban J connectivity index is 1.78. The molecule has 0 saturated heterocycles. The van der Waals surface area contributed by atoms with Crippen molar-refractivity contribution in [1.29, 1.82) is 0 Å². The van der Waals surface area contributed by atoms with Gasteiger partial charge in [-0.25, -0.2) is 0 Å². The van der Waals surface area contributed by atoms with Gasteiger partial charge in [-0.3, -0.25) is 9.59 Å². The lowest BCUT2D eigenvalue weighted by Gasteiger charge is -2.21. The normalized spacial score (nSPS) is 13.2. The lowest BCUT2D eigenvalue weighted by Crippen LogP contribution is -3.15. The quantitative estimate of drug-likeness (QED) is 0.542. The van der Waals surface area contributed by atoms with Gasteiger partial charge in [-0.1, -0.05) is 25.1 Å². The molecule has 154 valence electrons. The highest BCUT2D eigenvalue weighted by atomic mass is 16.5. The minimum absolute atomic E-state index is 0.0646. The monoisotopic (exact) mass is 398 g/mol. The fraction of sp³-hybridized carbons (Fsp3) is 0.364. The van der Waals surface area contributed by atoms with Crippen LogP contribution in [0.5, 0.6) is 5.75 Å². The summed E-state index contributed by atoms with van der Waals surface area (Å²) in [7, 11) is 3.40. The molecule has 2 aromatic carbocycles. The molecular formula is C22H28N3O4+. The van der Waals surface area contributed by atoms with E-state index in [2.05, 4.69) is 10.6 Å². The van der Waals surface area contributed by atoms with E-state index in [4.69, 9.17) is 9.15 Å². The van der Waals surface area contributed by atoms with Crippen LogP contribution in [-0.2, 0) is 9.59 Å². The Labute approximate surface area is 170 Å². The second kappa shape index (κ2) is 8.96. The van der Waals surface area contributed by atoms with Crippen molar-refractivity contribution in [2.45, 2.75) is 26.3 Å². The summed E-state index contributed by atoms with van der Waals surface area (Å²) < 4.78 is 11.4. The van der Waals surface area contributed by atoms with E-state index in [0.29, 0.717) is 23.6 Å². The number of hydrogen-bond acceptors (Lipinski definition) is 4. The van der Waals surface area contributed by atoms with Crippen molar-refractivity contribution in [3.63, 3.8) is 0 Å². The molecule has 0 saturated carbocycles. The van der Waals surface area contributed by atoms with Gasteiger partial charge in [0.05, 0.1) is 19.8 Å². The summed E-state index contributed by atoms with van der Waals surface area (Å²) in [6.07, 6.45) is 0.880. The summed E-state index contributed by atoms with van der Waals surface area (Å²) >= 11 is 0. The molecule has 7 heteroatoms. The third kappa shape index (κ3) is 4.51. The second-order valence-corrected chi connectivity index (χ2v) is 7.23. The molecule has 1 unspecified atom stereocenters. The van der Waals surface area contributed by atoms with Crippen molar-refractivity contribution in [3.8, 4) is 5.75 Å². The topological polar surface area (TPSA) is 85.0 Å². The molecule has 0 spiro atoms. The summed E-state index contributed by atoms with van der Waals surface area (Å²) in [5, 5.41) is 7.68. The molecule has 3 aromatic rings. The van der Waals surface area contributed by atoms with E-state index in [9.17, 15) is 9.59 Å². The Hall–Kier alpha value is -3.06. The molecule has 0 aliphatic heterocycles. The van der Waals surface area contributed by atoms with Crippen molar-refractivity contribution in [1.82, 2.24) is 5.32 Å². The highest BCUT2D eigenvalue weighted by Crippen LogP contribution is 2.36. The zero-order chi connectivity index (χ0) is 21.0. The van der Waals surface area contributed by atoms with Gasteiger partial charge < -0.3 is 24.7 Å². The third-order valence-corrected chi connectivity index (χ3v) is 5.10. The lowest BCUT2D eigenvalue weighted by molar-refractivity contribution is -0.885. The number of methoxy groups -OCH3 is 1. The van der Waals surface area contributed by atoms with E-state index in [1.807, 2.05) is 44.3 Å². The van der Waals surface area contributed by atoms with Crippen LogP contribution < -0.4 is 20.3 Å². The first-order chi connectivity index (χ1) is 13.9. The van der Waals surface area contributed by atoms with Gasteiger partial charge in [0, 0.05) is 23.4 Å². The predicted molar refractivity (Wildman–Crippen MR) is 113 cm³/mol. The van der Waals surface area contributed by atoms with Crippen LogP contribution in [-0.4, -0.2) is 45.1 Å². The first-order valence-corrected chi connectivity index (χ1v) is 9.83. The van der Waals surface area contributed by atoms with E-state index in [-0.39, 0.29) is 18.4 Å². The standard InChI is InChI=1S/C22H27N3O4/c1-5-10-23-21(26)13-25(3)14(2)22(27)24-17-12-19-16(11-20(17)28-4)15-8-6-7-9-18(15)29-19/h6-9,11-12,14H,5,10,13H2,1-4H3,(H,23,26)(H,24,27)/p+1/t14-/m1/s1. The fourth-order valence-electron chi connectivity index (χ4n) is 3.22. The molecule has 2 atom stereocenters. The molecule has 0 aliphatic rings. The molecule has 7 nitrogen and oxygen atoms in total. The zero-order valence-electron chi connectivity index (χ0n) is 17.3. The van der Waals surface area contributed by atoms with Crippen LogP contribution >= 0.6 is 0 Å². The van der Waals surface area contributed by atoms with Gasteiger partial charge in [0.1, 0.15) is 16.9 Å². The molecule has 0 fully saturated rings. The number of anilines is 1. The summed E-state index contributed by atoms with van der Waals surface area (Å²) in [5.74, 6) is 0.299. The van der Waals surface area contributed by atoms with Crippen LogP contribution in [0.25, 0.3) is 21.9 Å². The molecule has 0 bridgehead atoms. The number of fused-ring (bicyclic) bond motifs is 3. The van der Waals surface area contributed by atoms with Crippen molar-refractivity contribution in [2.75, 3.05) is 32.6 Å². The number of para-hydroxylation sites is 1. The summed E-state index contributed by atoms with van der Waals surface area (Å²) in [4.78, 5) is 25.5. The first kappa shape index (κ1) is 20.7. The van der Waals surface area contributed by atoms with Crippen molar-refractivity contribution in [2.24, 2.45) is 0 Å². The summed E-state index contributed by atoms with van der Waals surface area (Å²) in [6, 6.07) is 11.0. The number of carbonyl (C=O) groups is 2. The average molecular weight is 398 g/mol. The van der Waals surface area contributed by atoms with Gasteiger partial charge in [0.2, 0.25) is 0 Å². The van der Waals surface area contributed by atoms with Crippen molar-refractivity contribution >= 4 is 39.4 Å². The maximum Gasteiger partial charge on any atom is 0.282 e. The SMILES string of the molecule is CCCNC(=O)C[NH+](C)[C@H](C)C(=O)Nc1cc2oc3ccccc3c2cc1OC. The average Bonchev–Trinajstić information content (AvgIpc) is 3.08. The maximum absolute atomic E-state index is 12.8. The number of nitrogens with one attached hydrogen (secondary N) is 3. The number of rotatable bonds is 8. The smallest absolute Gasteiger partial charge is 0.282 e. The van der Waals surface area contributed by atoms with E-state index < -0.39 is 6.04 Å². The van der Waals surface area contributed by atoms with Crippen LogP contribution in [0.2, 0.25) is 0 Å². The number of carbonyl (C=O) groups excluding carboxylic acids is 2. The Morgan fingerprint density at radius 1 is 1.17 bits per heavy atom. The minimum atomic E-state index is -0.418. The van der Waals surface area contributed by atoms with E-state index in [0.717, 1.165) is 27.7 Å². The molecule has 0 radical (unpaired) electrons. The number of likely N-dealkylation sites (N-methyl/N-ethyl adjacent to an activating group) is 1. The van der Waals surface area contributed by atoms with Crippen LogP contribution in [0.4, 0.5) is 5.69 Å². The van der Waals surface area contributed by atoms with Gasteiger partial charge >= 0.3 is 0 Å². The predicted octanol–water partition coefficient (Wildman–Crippen LogP) is 1.96. The number of hydrogen-bond donors (Lipinski definition) is 3. The van der Waals surface area contributed by atoms with Gasteiger partial charge in [-0.15, -0.1) is 0 Å². The molecule has 1 heterocycles. The van der Waals surface area contributed by atoms with E-state index in [1.54, 1.807) is 20.1 Å². The van der Waals surface area contributed by atoms with Gasteiger partial charge in [-0.05, 0) is 25.5 Å². The van der Waals surface area contributed by atoms with Gasteiger partial charge in [-0.2, -0.15) is 0 Å². The van der Waals surface area contributed by atoms with Crippen molar-refractivity contribution < 1.29 is 23.6 Å². The Bertz CT molecular complexity index is 1030. The minimum Gasteiger partial charge on any atom is -0.495 e. The van der Waals surface area contributed by atoms with E-state index >= 15 is 0 Å². The summed E-state index contributed by atoms with van der Waals surface area (Å²) in [6.45, 7) is 4.67. The molecule has 2 amide bonds. The van der Waals surface area contributed by atoms with Crippen LogP contribution in [0.1, 0.15) is 20.3 Å². The van der Waals surface area contributed by atoms with Crippen LogP contribution in [0, 0.1) is 0 Å². The number of furan rings is 1. The Morgan fingerprint density at radius 3 is 2.66 bits per heavy atom. The van der Waals surface area contributed by atoms with Crippen LogP contribution in [0.15, 0.2) is 40.8 Å². The largest absolute Gasteiger partial charge is 0.495 e. The zero-order valence-corrected chi connectivity index (χ0v) is 17.3. The molecule has 0 aliphatic carbocycles. The maximum atomic E-state index is 12.8. The third-order valence-electron chi connectivity index (χ3n) is 5.10. The van der Waals surface area contributed by atoms with Gasteiger partial charge in [0.15, 0.2) is 12.6 Å². The lowest BCUT2D eigenvalue weighted by atomic mass is 10.1. The highest BCUT2D eigenvalue weighted by Gasteiger charge is 2.25. The molecule has 29 heavy (non-hydrogen) atoms. The Morgan fingerprint density at radius 2 is 1.93 bits per heavy atom. The number of benzene rings is 2. The second-order valence-electron chi connectivity index (χ2n) is 7.23.